The number of nitrogens with zero attached hydrogens (tertiary/aromatic N) is 1. The molecule has 9 nitrogen and oxygen atoms in total. The molecule has 1 amide bonds. The first kappa shape index (κ1) is 23.3. The molecular formula is C22H25N3O6S. The number of hydrogen-bond acceptors (Lipinski definition) is 6. The minimum Gasteiger partial charge on any atom is -0.422 e. The van der Waals surface area contributed by atoms with Crippen LogP contribution in [-0.4, -0.2) is 40.1 Å². The van der Waals surface area contributed by atoms with Crippen LogP contribution in [0.4, 0.5) is 10.5 Å². The molecule has 0 unspecified atom stereocenters. The molecule has 170 valence electrons. The Morgan fingerprint density at radius 1 is 1.19 bits per heavy atom. The summed E-state index contributed by atoms with van der Waals surface area (Å²) in [5, 5.41) is 0.718. The van der Waals surface area contributed by atoms with E-state index in [4.69, 9.17) is 9.15 Å². The van der Waals surface area contributed by atoms with Crippen LogP contribution in [0.5, 0.6) is 5.75 Å². The first-order valence-electron chi connectivity index (χ1n) is 9.93. The Kier molecular flexibility index (Phi) is 6.85. The fourth-order valence-electron chi connectivity index (χ4n) is 3.11. The van der Waals surface area contributed by atoms with Crippen molar-refractivity contribution in [3.63, 3.8) is 0 Å². The number of nitrogens with one attached hydrogen (secondary N) is 2. The number of carbonyl (C=O) groups is 1. The maximum atomic E-state index is 12.7. The highest BCUT2D eigenvalue weighted by atomic mass is 32.2. The van der Waals surface area contributed by atoms with Crippen molar-refractivity contribution in [3.05, 3.63) is 69.6 Å². The molecule has 3 aromatic rings. The lowest BCUT2D eigenvalue weighted by Gasteiger charge is -2.14. The van der Waals surface area contributed by atoms with E-state index in [9.17, 15) is 18.0 Å². The number of anilines is 1. The molecule has 1 aromatic heterocycles. The summed E-state index contributed by atoms with van der Waals surface area (Å²) in [7, 11) is -0.713. The predicted octanol–water partition coefficient (Wildman–Crippen LogP) is 3.02. The van der Waals surface area contributed by atoms with Gasteiger partial charge in [0.2, 0.25) is 0 Å². The van der Waals surface area contributed by atoms with Gasteiger partial charge in [-0.1, -0.05) is 12.1 Å². The van der Waals surface area contributed by atoms with E-state index in [1.807, 2.05) is 13.8 Å². The largest absolute Gasteiger partial charge is 0.422 e. The highest BCUT2D eigenvalue weighted by Crippen LogP contribution is 2.26. The van der Waals surface area contributed by atoms with Crippen LogP contribution in [0.2, 0.25) is 0 Å². The fourth-order valence-corrected chi connectivity index (χ4v) is 3.64. The highest BCUT2D eigenvalue weighted by molar-refractivity contribution is 7.90. The third-order valence-corrected chi connectivity index (χ3v) is 6.12. The van der Waals surface area contributed by atoms with Gasteiger partial charge in [0, 0.05) is 44.1 Å². The minimum atomic E-state index is -3.65. The van der Waals surface area contributed by atoms with Gasteiger partial charge in [-0.3, -0.25) is 4.72 Å². The number of rotatable bonds is 7. The van der Waals surface area contributed by atoms with E-state index in [0.717, 1.165) is 16.5 Å². The summed E-state index contributed by atoms with van der Waals surface area (Å²) in [5.41, 5.74) is 2.12. The summed E-state index contributed by atoms with van der Waals surface area (Å²) in [6.45, 7) is 4.15. The summed E-state index contributed by atoms with van der Waals surface area (Å²) >= 11 is 0. The van der Waals surface area contributed by atoms with Gasteiger partial charge in [0.25, 0.3) is 10.2 Å². The van der Waals surface area contributed by atoms with Crippen molar-refractivity contribution < 1.29 is 22.4 Å². The highest BCUT2D eigenvalue weighted by Gasteiger charge is 2.15. The molecule has 0 saturated heterocycles. The topological polar surface area (TPSA) is 118 Å². The number of amides is 1. The lowest BCUT2D eigenvalue weighted by molar-refractivity contribution is 0.165. The van der Waals surface area contributed by atoms with Gasteiger partial charge in [0.05, 0.1) is 5.69 Å². The summed E-state index contributed by atoms with van der Waals surface area (Å²) in [5.74, 6) is 0.280. The third kappa shape index (κ3) is 5.27. The SMILES string of the molecule is CCN(C)C(=O)Oc1ccc2c(C)c(Cc3cccc(NS(=O)(=O)NC)c3)c(=O)oc2c1. The van der Waals surface area contributed by atoms with Crippen molar-refractivity contribution >= 4 is 33.0 Å². The van der Waals surface area contributed by atoms with E-state index >= 15 is 0 Å². The van der Waals surface area contributed by atoms with Gasteiger partial charge in [-0.15, -0.1) is 0 Å². The van der Waals surface area contributed by atoms with Gasteiger partial charge in [-0.2, -0.15) is 8.42 Å². The maximum Gasteiger partial charge on any atom is 0.414 e. The molecule has 0 aliphatic rings. The Morgan fingerprint density at radius 3 is 2.62 bits per heavy atom. The van der Waals surface area contributed by atoms with E-state index in [-0.39, 0.29) is 12.2 Å². The fraction of sp³-hybridized carbons (Fsp3) is 0.273. The van der Waals surface area contributed by atoms with Crippen molar-refractivity contribution in [3.8, 4) is 5.75 Å². The van der Waals surface area contributed by atoms with E-state index in [2.05, 4.69) is 9.44 Å². The molecule has 2 N–H and O–H groups in total. The van der Waals surface area contributed by atoms with Crippen molar-refractivity contribution in [1.29, 1.82) is 0 Å². The monoisotopic (exact) mass is 459 g/mol. The first-order chi connectivity index (χ1) is 15.1. The number of benzene rings is 2. The molecule has 0 spiro atoms. The van der Waals surface area contributed by atoms with Gasteiger partial charge in [0.1, 0.15) is 11.3 Å². The number of carbonyl (C=O) groups excluding carboxylic acids is 1. The Morgan fingerprint density at radius 2 is 1.94 bits per heavy atom. The van der Waals surface area contributed by atoms with Crippen molar-refractivity contribution in [2.75, 3.05) is 25.4 Å². The summed E-state index contributed by atoms with van der Waals surface area (Å²) in [6, 6.07) is 11.7. The van der Waals surface area contributed by atoms with Gasteiger partial charge in [-0.05, 0) is 49.2 Å². The van der Waals surface area contributed by atoms with Crippen molar-refractivity contribution in [2.45, 2.75) is 20.3 Å². The van der Waals surface area contributed by atoms with Crippen LogP contribution in [0, 0.1) is 6.92 Å². The molecule has 2 aromatic carbocycles. The van der Waals surface area contributed by atoms with Crippen LogP contribution in [-0.2, 0) is 16.6 Å². The zero-order chi connectivity index (χ0) is 23.5. The lowest BCUT2D eigenvalue weighted by atomic mass is 9.99. The molecule has 0 saturated carbocycles. The Balaban J connectivity index is 1.91. The van der Waals surface area contributed by atoms with Gasteiger partial charge < -0.3 is 14.1 Å². The number of hydrogen-bond donors (Lipinski definition) is 2. The zero-order valence-electron chi connectivity index (χ0n) is 18.3. The second-order valence-electron chi connectivity index (χ2n) is 7.22. The minimum absolute atomic E-state index is 0.261. The number of ether oxygens (including phenoxy) is 1. The van der Waals surface area contributed by atoms with E-state index in [1.54, 1.807) is 43.4 Å². The molecule has 3 rings (SSSR count). The molecule has 0 fully saturated rings. The molecule has 10 heteroatoms. The van der Waals surface area contributed by atoms with E-state index in [1.165, 1.54) is 18.0 Å². The first-order valence-corrected chi connectivity index (χ1v) is 11.4. The van der Waals surface area contributed by atoms with E-state index in [0.29, 0.717) is 23.4 Å². The average molecular weight is 460 g/mol. The Bertz CT molecular complexity index is 1320. The molecule has 0 radical (unpaired) electrons. The van der Waals surface area contributed by atoms with Crippen LogP contribution in [0.3, 0.4) is 0 Å². The number of aryl methyl sites for hydroxylation is 1. The van der Waals surface area contributed by atoms with Crippen LogP contribution in [0.25, 0.3) is 11.0 Å². The van der Waals surface area contributed by atoms with Crippen molar-refractivity contribution in [1.82, 2.24) is 9.62 Å². The van der Waals surface area contributed by atoms with Gasteiger partial charge >= 0.3 is 11.7 Å². The van der Waals surface area contributed by atoms with Gasteiger partial charge in [0.15, 0.2) is 0 Å². The molecule has 0 aliphatic heterocycles. The standard InChI is InChI=1S/C22H25N3O6S/c1-5-25(4)22(27)30-17-9-10-18-14(2)19(21(26)31-20(18)13-17)12-15-7-6-8-16(11-15)24-32(28,29)23-3/h6-11,13,23-24H,5,12H2,1-4H3. The van der Waals surface area contributed by atoms with Crippen LogP contribution < -0.4 is 19.8 Å². The molecular weight excluding hydrogens is 434 g/mol. The molecule has 0 atom stereocenters. The lowest BCUT2D eigenvalue weighted by Crippen LogP contribution is -2.29. The normalized spacial score (nSPS) is 11.4. The second kappa shape index (κ2) is 9.41. The molecule has 0 aliphatic carbocycles. The number of fused-ring (bicyclic) bond motifs is 1. The van der Waals surface area contributed by atoms with Crippen molar-refractivity contribution in [2.24, 2.45) is 0 Å². The predicted molar refractivity (Wildman–Crippen MR) is 122 cm³/mol. The summed E-state index contributed by atoms with van der Waals surface area (Å²) in [4.78, 5) is 26.1. The summed E-state index contributed by atoms with van der Waals surface area (Å²) < 4.78 is 38.8. The molecule has 1 heterocycles. The van der Waals surface area contributed by atoms with Crippen LogP contribution in [0.1, 0.15) is 23.6 Å². The smallest absolute Gasteiger partial charge is 0.414 e. The Hall–Kier alpha value is -3.37. The quantitative estimate of drug-likeness (QED) is 0.525. The summed E-state index contributed by atoms with van der Waals surface area (Å²) in [6.07, 6.45) is -0.242. The maximum absolute atomic E-state index is 12.7. The average Bonchev–Trinajstić information content (AvgIpc) is 2.75. The van der Waals surface area contributed by atoms with E-state index < -0.39 is 21.9 Å². The second-order valence-corrected chi connectivity index (χ2v) is 8.84. The van der Waals surface area contributed by atoms with Crippen LogP contribution in [0.15, 0.2) is 51.7 Å². The molecule has 0 bridgehead atoms. The van der Waals surface area contributed by atoms with Gasteiger partial charge in [-0.25, -0.2) is 14.3 Å². The zero-order valence-corrected chi connectivity index (χ0v) is 19.1. The molecule has 32 heavy (non-hydrogen) atoms. The Labute approximate surface area is 186 Å². The third-order valence-electron chi connectivity index (χ3n) is 5.08. The van der Waals surface area contributed by atoms with Crippen LogP contribution >= 0.6 is 0 Å².